The third kappa shape index (κ3) is 7.13. The van der Waals surface area contributed by atoms with Crippen molar-refractivity contribution in [3.63, 3.8) is 0 Å². The average Bonchev–Trinajstić information content (AvgIpc) is 3.31. The number of halogens is 1. The van der Waals surface area contributed by atoms with Gasteiger partial charge in [0.1, 0.15) is 11.5 Å². The van der Waals surface area contributed by atoms with E-state index in [0.29, 0.717) is 33.8 Å². The number of anilines is 1. The van der Waals surface area contributed by atoms with Crippen molar-refractivity contribution in [2.45, 2.75) is 24.8 Å². The average molecular weight is 552 g/mol. The molecule has 33 heavy (non-hydrogen) atoms. The molecule has 1 aromatic heterocycles. The van der Waals surface area contributed by atoms with Gasteiger partial charge in [-0.15, -0.1) is 0 Å². The van der Waals surface area contributed by atoms with Crippen LogP contribution in [0.4, 0.5) is 5.69 Å². The van der Waals surface area contributed by atoms with Gasteiger partial charge in [-0.3, -0.25) is 10.1 Å². The highest BCUT2D eigenvalue weighted by Gasteiger charge is 2.15. The molecule has 0 saturated carbocycles. The van der Waals surface area contributed by atoms with E-state index in [-0.39, 0.29) is 16.6 Å². The third-order valence-electron chi connectivity index (χ3n) is 4.32. The minimum atomic E-state index is -3.71. The summed E-state index contributed by atoms with van der Waals surface area (Å²) in [6, 6.07) is 14.3. The Labute approximate surface area is 205 Å². The standard InChI is InChI=1S/C22H22BrN3O5S2/c1-2-11-31-20-10-5-15(13-19(20)23)21(27)26-22(32)25-16-6-8-18(9-7-16)33(28,29)24-14-17-4-3-12-30-17/h3-10,12-13,24H,2,11,14H2,1H3,(H2,25,26,27,32). The van der Waals surface area contributed by atoms with Crippen LogP contribution in [-0.4, -0.2) is 26.0 Å². The molecule has 2 aromatic carbocycles. The molecule has 0 spiro atoms. The topological polar surface area (TPSA) is 110 Å². The third-order valence-corrected chi connectivity index (χ3v) is 6.56. The van der Waals surface area contributed by atoms with Crippen LogP contribution in [0.5, 0.6) is 5.75 Å². The van der Waals surface area contributed by atoms with E-state index >= 15 is 0 Å². The van der Waals surface area contributed by atoms with E-state index in [1.807, 2.05) is 6.92 Å². The van der Waals surface area contributed by atoms with Crippen LogP contribution in [0.2, 0.25) is 0 Å². The molecule has 0 unspecified atom stereocenters. The number of thiocarbonyl (C=S) groups is 1. The van der Waals surface area contributed by atoms with Gasteiger partial charge in [0.25, 0.3) is 5.91 Å². The number of rotatable bonds is 9. The molecule has 8 nitrogen and oxygen atoms in total. The van der Waals surface area contributed by atoms with E-state index < -0.39 is 15.9 Å². The summed E-state index contributed by atoms with van der Waals surface area (Å²) < 4.78 is 38.6. The minimum Gasteiger partial charge on any atom is -0.492 e. The van der Waals surface area contributed by atoms with Crippen molar-refractivity contribution >= 4 is 54.9 Å². The minimum absolute atomic E-state index is 0.0489. The molecule has 3 aromatic rings. The van der Waals surface area contributed by atoms with Crippen molar-refractivity contribution in [1.82, 2.24) is 10.0 Å². The SMILES string of the molecule is CCCOc1ccc(C(=O)NC(=S)Nc2ccc(S(=O)(=O)NCc3ccco3)cc2)cc1Br. The number of nitrogens with one attached hydrogen (secondary N) is 3. The first kappa shape index (κ1) is 24.9. The van der Waals surface area contributed by atoms with E-state index in [0.717, 1.165) is 6.42 Å². The first-order valence-corrected chi connectivity index (χ1v) is 12.6. The largest absolute Gasteiger partial charge is 0.492 e. The molecule has 0 atom stereocenters. The second-order valence-corrected chi connectivity index (χ2v) is 9.86. The van der Waals surface area contributed by atoms with Crippen LogP contribution in [-0.2, 0) is 16.6 Å². The van der Waals surface area contributed by atoms with Gasteiger partial charge in [-0.25, -0.2) is 13.1 Å². The number of hydrogen-bond donors (Lipinski definition) is 3. The Balaban J connectivity index is 1.56. The van der Waals surface area contributed by atoms with Crippen LogP contribution in [0.1, 0.15) is 29.5 Å². The van der Waals surface area contributed by atoms with Crippen molar-refractivity contribution in [3.8, 4) is 5.75 Å². The predicted molar refractivity (Wildman–Crippen MR) is 133 cm³/mol. The Morgan fingerprint density at radius 3 is 2.55 bits per heavy atom. The second kappa shape index (κ2) is 11.4. The first-order valence-electron chi connectivity index (χ1n) is 9.95. The summed E-state index contributed by atoms with van der Waals surface area (Å²) in [6.45, 7) is 2.64. The fourth-order valence-electron chi connectivity index (χ4n) is 2.69. The Morgan fingerprint density at radius 1 is 1.15 bits per heavy atom. The van der Waals surface area contributed by atoms with Gasteiger partial charge in [0.2, 0.25) is 10.0 Å². The lowest BCUT2D eigenvalue weighted by atomic mass is 10.2. The summed E-state index contributed by atoms with van der Waals surface area (Å²) in [5, 5.41) is 5.53. The number of carbonyl (C=O) groups excluding carboxylic acids is 1. The highest BCUT2D eigenvalue weighted by Crippen LogP contribution is 2.26. The lowest BCUT2D eigenvalue weighted by Gasteiger charge is -2.12. The quantitative estimate of drug-likeness (QED) is 0.337. The van der Waals surface area contributed by atoms with E-state index in [2.05, 4.69) is 31.3 Å². The molecule has 0 aliphatic heterocycles. The molecule has 1 heterocycles. The van der Waals surface area contributed by atoms with Gasteiger partial charge >= 0.3 is 0 Å². The molecule has 0 fully saturated rings. The van der Waals surface area contributed by atoms with Crippen LogP contribution in [0.3, 0.4) is 0 Å². The normalized spacial score (nSPS) is 11.1. The Kier molecular flexibility index (Phi) is 8.61. The molecular weight excluding hydrogens is 530 g/mol. The van der Waals surface area contributed by atoms with Gasteiger partial charge in [0.15, 0.2) is 5.11 Å². The van der Waals surface area contributed by atoms with Gasteiger partial charge in [-0.2, -0.15) is 0 Å². The number of hydrogen-bond acceptors (Lipinski definition) is 6. The monoisotopic (exact) mass is 551 g/mol. The molecule has 3 rings (SSSR count). The first-order chi connectivity index (χ1) is 15.8. The van der Waals surface area contributed by atoms with Gasteiger partial charge in [-0.1, -0.05) is 6.92 Å². The second-order valence-electron chi connectivity index (χ2n) is 6.83. The smallest absolute Gasteiger partial charge is 0.257 e. The number of benzene rings is 2. The molecular formula is C22H22BrN3O5S2. The van der Waals surface area contributed by atoms with Crippen molar-refractivity contribution < 1.29 is 22.4 Å². The Hall–Kier alpha value is -2.73. The molecule has 0 aliphatic rings. The van der Waals surface area contributed by atoms with Crippen LogP contribution in [0.25, 0.3) is 0 Å². The summed E-state index contributed by atoms with van der Waals surface area (Å²) in [5.74, 6) is 0.771. The molecule has 0 saturated heterocycles. The summed E-state index contributed by atoms with van der Waals surface area (Å²) >= 11 is 8.60. The number of sulfonamides is 1. The predicted octanol–water partition coefficient (Wildman–Crippen LogP) is 4.44. The van der Waals surface area contributed by atoms with Crippen LogP contribution in [0.15, 0.2) is 74.6 Å². The summed E-state index contributed by atoms with van der Waals surface area (Å²) in [6.07, 6.45) is 2.35. The summed E-state index contributed by atoms with van der Waals surface area (Å²) in [7, 11) is -3.71. The number of ether oxygens (including phenoxy) is 1. The van der Waals surface area contributed by atoms with Crippen molar-refractivity contribution in [1.29, 1.82) is 0 Å². The van der Waals surface area contributed by atoms with E-state index in [9.17, 15) is 13.2 Å². The van der Waals surface area contributed by atoms with Gasteiger partial charge in [0.05, 0.1) is 28.8 Å². The summed E-state index contributed by atoms with van der Waals surface area (Å²) in [4.78, 5) is 12.6. The van der Waals surface area contributed by atoms with Crippen LogP contribution >= 0.6 is 28.1 Å². The van der Waals surface area contributed by atoms with Gasteiger partial charge in [-0.05, 0) is 89.2 Å². The maximum Gasteiger partial charge on any atom is 0.257 e. The highest BCUT2D eigenvalue weighted by molar-refractivity contribution is 9.10. The number of furan rings is 1. The lowest BCUT2D eigenvalue weighted by molar-refractivity contribution is 0.0977. The fraction of sp³-hybridized carbons (Fsp3) is 0.182. The highest BCUT2D eigenvalue weighted by atomic mass is 79.9. The van der Waals surface area contributed by atoms with Crippen LogP contribution in [0, 0.1) is 0 Å². The fourth-order valence-corrected chi connectivity index (χ4v) is 4.39. The maximum atomic E-state index is 12.5. The lowest BCUT2D eigenvalue weighted by Crippen LogP contribution is -2.34. The molecule has 11 heteroatoms. The molecule has 174 valence electrons. The van der Waals surface area contributed by atoms with E-state index in [1.54, 1.807) is 42.5 Å². The van der Waals surface area contributed by atoms with Crippen molar-refractivity contribution in [2.24, 2.45) is 0 Å². The molecule has 0 bridgehead atoms. The zero-order valence-electron chi connectivity index (χ0n) is 17.6. The van der Waals surface area contributed by atoms with E-state index in [4.69, 9.17) is 21.4 Å². The number of amides is 1. The van der Waals surface area contributed by atoms with Gasteiger partial charge < -0.3 is 14.5 Å². The zero-order valence-corrected chi connectivity index (χ0v) is 20.8. The Morgan fingerprint density at radius 2 is 1.91 bits per heavy atom. The summed E-state index contributed by atoms with van der Waals surface area (Å²) in [5.41, 5.74) is 0.925. The molecule has 1 amide bonds. The van der Waals surface area contributed by atoms with E-state index in [1.165, 1.54) is 18.4 Å². The molecule has 3 N–H and O–H groups in total. The van der Waals surface area contributed by atoms with Crippen molar-refractivity contribution in [2.75, 3.05) is 11.9 Å². The van der Waals surface area contributed by atoms with Gasteiger partial charge in [0, 0.05) is 11.3 Å². The van der Waals surface area contributed by atoms with Crippen molar-refractivity contribution in [3.05, 3.63) is 76.7 Å². The van der Waals surface area contributed by atoms with Crippen LogP contribution < -0.4 is 20.1 Å². The molecule has 0 radical (unpaired) electrons. The molecule has 0 aliphatic carbocycles. The number of carbonyl (C=O) groups is 1. The zero-order chi connectivity index (χ0) is 23.8. The Bertz CT molecular complexity index is 1210. The maximum absolute atomic E-state index is 12.5.